The first-order chi connectivity index (χ1) is 10.4. The number of hydrogen-bond donors (Lipinski definition) is 0. The van der Waals surface area contributed by atoms with Gasteiger partial charge < -0.3 is 4.74 Å². The van der Waals surface area contributed by atoms with Crippen molar-refractivity contribution < 1.29 is 4.74 Å². The predicted octanol–water partition coefficient (Wildman–Crippen LogP) is 5.83. The third kappa shape index (κ3) is 7.92. The van der Waals surface area contributed by atoms with Crippen LogP contribution in [0.3, 0.4) is 0 Å². The second-order valence-electron chi connectivity index (χ2n) is 6.08. The molecule has 1 aromatic rings. The van der Waals surface area contributed by atoms with Crippen LogP contribution in [-0.4, -0.2) is 18.5 Å². The summed E-state index contributed by atoms with van der Waals surface area (Å²) in [6, 6.07) is 10.8. The summed E-state index contributed by atoms with van der Waals surface area (Å²) in [6.07, 6.45) is 12.9. The average molecular weight is 307 g/mol. The Morgan fingerprint density at radius 3 is 2.48 bits per heavy atom. The Kier molecular flexibility index (Phi) is 8.96. The molecule has 1 saturated heterocycles. The zero-order valence-corrected chi connectivity index (χ0v) is 14.1. The van der Waals surface area contributed by atoms with Gasteiger partial charge in [-0.3, -0.25) is 0 Å². The fourth-order valence-corrected chi connectivity index (χ4v) is 3.90. The van der Waals surface area contributed by atoms with Crippen molar-refractivity contribution in [2.45, 2.75) is 69.6 Å². The summed E-state index contributed by atoms with van der Waals surface area (Å²) in [5.41, 5.74) is 1.46. The van der Waals surface area contributed by atoms with Gasteiger partial charge in [-0.2, -0.15) is 11.8 Å². The summed E-state index contributed by atoms with van der Waals surface area (Å²) >= 11 is 2.07. The molecule has 0 aliphatic carbocycles. The summed E-state index contributed by atoms with van der Waals surface area (Å²) in [6.45, 7) is 1.01. The van der Waals surface area contributed by atoms with Gasteiger partial charge in [-0.05, 0) is 37.0 Å². The van der Waals surface area contributed by atoms with Crippen molar-refractivity contribution in [3.05, 3.63) is 35.9 Å². The van der Waals surface area contributed by atoms with Crippen LogP contribution in [0.5, 0.6) is 0 Å². The van der Waals surface area contributed by atoms with Crippen LogP contribution in [0.2, 0.25) is 0 Å². The molecule has 1 nitrogen and oxygen atoms in total. The third-order valence-corrected chi connectivity index (χ3v) is 5.32. The summed E-state index contributed by atoms with van der Waals surface area (Å²) in [5.74, 6) is 2.48. The largest absolute Gasteiger partial charge is 0.378 e. The zero-order valence-electron chi connectivity index (χ0n) is 13.3. The van der Waals surface area contributed by atoms with E-state index in [-0.39, 0.29) is 0 Å². The first-order valence-electron chi connectivity index (χ1n) is 8.68. The molecule has 1 aliphatic rings. The van der Waals surface area contributed by atoms with E-state index in [0.717, 1.165) is 6.61 Å². The molecular formula is C19H30OS. The monoisotopic (exact) mass is 306 g/mol. The number of benzene rings is 1. The third-order valence-electron chi connectivity index (χ3n) is 4.20. The van der Waals surface area contributed by atoms with Gasteiger partial charge in [0.2, 0.25) is 0 Å². The molecule has 0 spiro atoms. The second-order valence-corrected chi connectivity index (χ2v) is 7.19. The van der Waals surface area contributed by atoms with Crippen molar-refractivity contribution in [2.75, 3.05) is 12.4 Å². The molecule has 1 unspecified atom stereocenters. The van der Waals surface area contributed by atoms with E-state index in [0.29, 0.717) is 6.10 Å². The van der Waals surface area contributed by atoms with E-state index in [2.05, 4.69) is 42.1 Å². The highest BCUT2D eigenvalue weighted by molar-refractivity contribution is 7.98. The molecule has 1 atom stereocenters. The number of thioether (sulfide) groups is 1. The van der Waals surface area contributed by atoms with Gasteiger partial charge in [-0.25, -0.2) is 0 Å². The molecule has 0 amide bonds. The molecule has 21 heavy (non-hydrogen) atoms. The number of rotatable bonds is 11. The molecule has 0 N–H and O–H groups in total. The van der Waals surface area contributed by atoms with E-state index in [1.165, 1.54) is 74.9 Å². The maximum Gasteiger partial charge on any atom is 0.0576 e. The van der Waals surface area contributed by atoms with Gasteiger partial charge in [-0.1, -0.05) is 62.4 Å². The number of hydrogen-bond acceptors (Lipinski definition) is 2. The lowest BCUT2D eigenvalue weighted by Crippen LogP contribution is -2.03. The van der Waals surface area contributed by atoms with E-state index >= 15 is 0 Å². The zero-order chi connectivity index (χ0) is 14.6. The minimum absolute atomic E-state index is 0.597. The predicted molar refractivity (Wildman–Crippen MR) is 93.9 cm³/mol. The van der Waals surface area contributed by atoms with Crippen LogP contribution in [0.1, 0.15) is 63.4 Å². The normalized spacial score (nSPS) is 18.2. The lowest BCUT2D eigenvalue weighted by Gasteiger charge is -2.08. The van der Waals surface area contributed by atoms with Gasteiger partial charge in [0.05, 0.1) is 6.10 Å². The first-order valence-corrected chi connectivity index (χ1v) is 9.84. The summed E-state index contributed by atoms with van der Waals surface area (Å²) < 4.78 is 5.66. The highest BCUT2D eigenvalue weighted by Crippen LogP contribution is 2.19. The van der Waals surface area contributed by atoms with Crippen molar-refractivity contribution in [1.82, 2.24) is 0 Å². The smallest absolute Gasteiger partial charge is 0.0576 e. The van der Waals surface area contributed by atoms with Gasteiger partial charge in [0.1, 0.15) is 0 Å². The van der Waals surface area contributed by atoms with E-state index in [1.807, 2.05) is 0 Å². The molecule has 1 aliphatic heterocycles. The average Bonchev–Trinajstić information content (AvgIpc) is 3.03. The Morgan fingerprint density at radius 2 is 1.71 bits per heavy atom. The van der Waals surface area contributed by atoms with Gasteiger partial charge >= 0.3 is 0 Å². The van der Waals surface area contributed by atoms with Crippen LogP contribution in [0, 0.1) is 0 Å². The minimum Gasteiger partial charge on any atom is -0.378 e. The lowest BCUT2D eigenvalue weighted by molar-refractivity contribution is 0.102. The summed E-state index contributed by atoms with van der Waals surface area (Å²) in [4.78, 5) is 0. The standard InChI is InChI=1S/C19H30OS/c1(3-8-13-19-14-10-15-20-19)2-4-9-16-21-17-18-11-6-5-7-12-18/h5-7,11-12,19H,1-4,8-10,13-17H2. The Morgan fingerprint density at radius 1 is 0.952 bits per heavy atom. The lowest BCUT2D eigenvalue weighted by atomic mass is 10.1. The molecule has 0 saturated carbocycles. The fourth-order valence-electron chi connectivity index (χ4n) is 2.92. The SMILES string of the molecule is c1ccc(CSCCCCCCCCC2CCCO2)cc1. The van der Waals surface area contributed by atoms with Crippen LogP contribution in [-0.2, 0) is 10.5 Å². The Bertz CT molecular complexity index is 346. The van der Waals surface area contributed by atoms with Crippen LogP contribution >= 0.6 is 11.8 Å². The van der Waals surface area contributed by atoms with Crippen molar-refractivity contribution in [3.8, 4) is 0 Å². The van der Waals surface area contributed by atoms with Crippen molar-refractivity contribution in [1.29, 1.82) is 0 Å². The molecule has 2 rings (SSSR count). The summed E-state index contributed by atoms with van der Waals surface area (Å²) in [5, 5.41) is 0. The van der Waals surface area contributed by atoms with Crippen molar-refractivity contribution in [3.63, 3.8) is 0 Å². The quantitative estimate of drug-likeness (QED) is 0.476. The first kappa shape index (κ1) is 16.9. The van der Waals surface area contributed by atoms with Crippen LogP contribution in [0.25, 0.3) is 0 Å². The topological polar surface area (TPSA) is 9.23 Å². The summed E-state index contributed by atoms with van der Waals surface area (Å²) in [7, 11) is 0. The minimum atomic E-state index is 0.597. The van der Waals surface area contributed by atoms with E-state index in [9.17, 15) is 0 Å². The van der Waals surface area contributed by atoms with Gasteiger partial charge in [0.15, 0.2) is 0 Å². The number of ether oxygens (including phenoxy) is 1. The van der Waals surface area contributed by atoms with E-state index < -0.39 is 0 Å². The van der Waals surface area contributed by atoms with E-state index in [4.69, 9.17) is 4.74 Å². The fraction of sp³-hybridized carbons (Fsp3) is 0.684. The maximum atomic E-state index is 5.66. The van der Waals surface area contributed by atoms with E-state index in [1.54, 1.807) is 0 Å². The van der Waals surface area contributed by atoms with Gasteiger partial charge in [-0.15, -0.1) is 0 Å². The molecule has 0 radical (unpaired) electrons. The van der Waals surface area contributed by atoms with Crippen molar-refractivity contribution in [2.24, 2.45) is 0 Å². The molecular weight excluding hydrogens is 276 g/mol. The molecule has 0 bridgehead atoms. The van der Waals surface area contributed by atoms with Crippen LogP contribution in [0.4, 0.5) is 0 Å². The highest BCUT2D eigenvalue weighted by atomic mass is 32.2. The Hall–Kier alpha value is -0.470. The molecule has 1 aromatic carbocycles. The van der Waals surface area contributed by atoms with Gasteiger partial charge in [0.25, 0.3) is 0 Å². The molecule has 2 heteroatoms. The molecule has 118 valence electrons. The Labute approximate surface area is 134 Å². The molecule has 0 aromatic heterocycles. The Balaban J connectivity index is 1.32. The maximum absolute atomic E-state index is 5.66. The van der Waals surface area contributed by atoms with Gasteiger partial charge in [0, 0.05) is 12.4 Å². The molecule has 1 heterocycles. The van der Waals surface area contributed by atoms with Crippen molar-refractivity contribution >= 4 is 11.8 Å². The van der Waals surface area contributed by atoms with Crippen LogP contribution in [0.15, 0.2) is 30.3 Å². The number of unbranched alkanes of at least 4 members (excludes halogenated alkanes) is 5. The highest BCUT2D eigenvalue weighted by Gasteiger charge is 2.14. The molecule has 1 fully saturated rings. The second kappa shape index (κ2) is 11.1. The van der Waals surface area contributed by atoms with Crippen LogP contribution < -0.4 is 0 Å².